The Hall–Kier alpha value is -1.87. The summed E-state index contributed by atoms with van der Waals surface area (Å²) in [6.45, 7) is 1.13. The van der Waals surface area contributed by atoms with Crippen LogP contribution in [0.4, 0.5) is 4.39 Å². The molecule has 100 valence electrons. The van der Waals surface area contributed by atoms with Crippen LogP contribution in [0.3, 0.4) is 0 Å². The van der Waals surface area contributed by atoms with E-state index in [2.05, 4.69) is 0 Å². The van der Waals surface area contributed by atoms with Gasteiger partial charge in [0, 0.05) is 5.92 Å². The summed E-state index contributed by atoms with van der Waals surface area (Å²) in [6.07, 6.45) is 0.818. The van der Waals surface area contributed by atoms with E-state index in [4.69, 9.17) is 10.5 Å². The SMILES string of the molecule is NCCC(COc1ccccc1)c1ccc(F)cc1. The van der Waals surface area contributed by atoms with E-state index < -0.39 is 0 Å². The third-order valence-electron chi connectivity index (χ3n) is 3.05. The minimum absolute atomic E-state index is 0.186. The highest BCUT2D eigenvalue weighted by Gasteiger charge is 2.12. The van der Waals surface area contributed by atoms with Crippen molar-refractivity contribution in [3.05, 3.63) is 66.0 Å². The summed E-state index contributed by atoms with van der Waals surface area (Å²) in [4.78, 5) is 0. The lowest BCUT2D eigenvalue weighted by Crippen LogP contribution is -2.15. The molecular formula is C16H18FNO. The van der Waals surface area contributed by atoms with Crippen LogP contribution in [-0.4, -0.2) is 13.2 Å². The molecule has 2 aromatic rings. The quantitative estimate of drug-likeness (QED) is 0.863. The summed E-state index contributed by atoms with van der Waals surface area (Å²) < 4.78 is 18.7. The largest absolute Gasteiger partial charge is 0.493 e. The highest BCUT2D eigenvalue weighted by atomic mass is 19.1. The predicted octanol–water partition coefficient (Wildman–Crippen LogP) is 3.34. The van der Waals surface area contributed by atoms with Gasteiger partial charge in [0.25, 0.3) is 0 Å². The van der Waals surface area contributed by atoms with Crippen molar-refractivity contribution in [2.24, 2.45) is 5.73 Å². The zero-order valence-electron chi connectivity index (χ0n) is 10.8. The lowest BCUT2D eigenvalue weighted by atomic mass is 9.96. The second kappa shape index (κ2) is 6.90. The van der Waals surface area contributed by atoms with Crippen molar-refractivity contribution in [1.29, 1.82) is 0 Å². The zero-order chi connectivity index (χ0) is 13.5. The monoisotopic (exact) mass is 259 g/mol. The molecule has 0 saturated heterocycles. The van der Waals surface area contributed by atoms with Gasteiger partial charge in [0.2, 0.25) is 0 Å². The van der Waals surface area contributed by atoms with Gasteiger partial charge in [-0.25, -0.2) is 4.39 Å². The maximum absolute atomic E-state index is 12.9. The highest BCUT2D eigenvalue weighted by Crippen LogP contribution is 2.21. The first kappa shape index (κ1) is 13.6. The maximum Gasteiger partial charge on any atom is 0.123 e. The van der Waals surface area contributed by atoms with Gasteiger partial charge in [0.1, 0.15) is 11.6 Å². The molecule has 2 rings (SSSR count). The van der Waals surface area contributed by atoms with Crippen molar-refractivity contribution in [2.75, 3.05) is 13.2 Å². The van der Waals surface area contributed by atoms with Crippen LogP contribution in [0, 0.1) is 5.82 Å². The fourth-order valence-corrected chi connectivity index (χ4v) is 2.00. The molecule has 0 spiro atoms. The molecule has 0 aliphatic rings. The highest BCUT2D eigenvalue weighted by molar-refractivity contribution is 5.23. The number of halogens is 1. The van der Waals surface area contributed by atoms with Gasteiger partial charge in [-0.15, -0.1) is 0 Å². The number of nitrogens with two attached hydrogens (primary N) is 1. The number of ether oxygens (including phenoxy) is 1. The molecular weight excluding hydrogens is 241 g/mol. The Morgan fingerprint density at radius 2 is 1.68 bits per heavy atom. The van der Waals surface area contributed by atoms with E-state index in [1.165, 1.54) is 12.1 Å². The number of rotatable bonds is 6. The second-order valence-electron chi connectivity index (χ2n) is 4.45. The Bertz CT molecular complexity index is 484. The second-order valence-corrected chi connectivity index (χ2v) is 4.45. The molecule has 0 amide bonds. The van der Waals surface area contributed by atoms with Crippen molar-refractivity contribution in [3.63, 3.8) is 0 Å². The number of hydrogen-bond donors (Lipinski definition) is 1. The Labute approximate surface area is 113 Å². The summed E-state index contributed by atoms with van der Waals surface area (Å²) in [7, 11) is 0. The molecule has 1 unspecified atom stereocenters. The van der Waals surface area contributed by atoms with Gasteiger partial charge < -0.3 is 10.5 Å². The molecule has 0 aromatic heterocycles. The normalized spacial score (nSPS) is 12.1. The van der Waals surface area contributed by atoms with Crippen molar-refractivity contribution >= 4 is 0 Å². The van der Waals surface area contributed by atoms with Crippen LogP contribution in [-0.2, 0) is 0 Å². The lowest BCUT2D eigenvalue weighted by Gasteiger charge is -2.17. The molecule has 0 heterocycles. The van der Waals surface area contributed by atoms with Crippen LogP contribution < -0.4 is 10.5 Å². The fourth-order valence-electron chi connectivity index (χ4n) is 2.00. The average Bonchev–Trinajstić information content (AvgIpc) is 2.46. The molecule has 0 saturated carbocycles. The Balaban J connectivity index is 2.02. The first-order valence-corrected chi connectivity index (χ1v) is 6.43. The van der Waals surface area contributed by atoms with Gasteiger partial charge in [-0.1, -0.05) is 30.3 Å². The fraction of sp³-hybridized carbons (Fsp3) is 0.250. The molecule has 0 radical (unpaired) electrons. The van der Waals surface area contributed by atoms with Gasteiger partial charge in [0.05, 0.1) is 6.61 Å². The van der Waals surface area contributed by atoms with Crippen molar-refractivity contribution in [1.82, 2.24) is 0 Å². The standard InChI is InChI=1S/C16H18FNO/c17-15-8-6-13(7-9-15)14(10-11-18)12-19-16-4-2-1-3-5-16/h1-9,14H,10-12,18H2. The summed E-state index contributed by atoms with van der Waals surface area (Å²) in [6, 6.07) is 16.2. The Morgan fingerprint density at radius 3 is 2.32 bits per heavy atom. The van der Waals surface area contributed by atoms with E-state index in [0.717, 1.165) is 17.7 Å². The Kier molecular flexibility index (Phi) is 4.93. The predicted molar refractivity (Wildman–Crippen MR) is 74.7 cm³/mol. The lowest BCUT2D eigenvalue weighted by molar-refractivity contribution is 0.282. The molecule has 2 aromatic carbocycles. The summed E-state index contributed by atoms with van der Waals surface area (Å²) in [5.41, 5.74) is 6.69. The van der Waals surface area contributed by atoms with Crippen LogP contribution >= 0.6 is 0 Å². The van der Waals surface area contributed by atoms with E-state index in [1.807, 2.05) is 30.3 Å². The Morgan fingerprint density at radius 1 is 1.00 bits per heavy atom. The van der Waals surface area contributed by atoms with Gasteiger partial charge in [-0.2, -0.15) is 0 Å². The van der Waals surface area contributed by atoms with Gasteiger partial charge >= 0.3 is 0 Å². The van der Waals surface area contributed by atoms with E-state index in [1.54, 1.807) is 12.1 Å². The first-order valence-electron chi connectivity index (χ1n) is 6.43. The molecule has 0 bridgehead atoms. The number of para-hydroxylation sites is 1. The molecule has 0 fully saturated rings. The molecule has 19 heavy (non-hydrogen) atoms. The summed E-state index contributed by atoms with van der Waals surface area (Å²) >= 11 is 0. The van der Waals surface area contributed by atoms with Gasteiger partial charge in [-0.3, -0.25) is 0 Å². The molecule has 0 aliphatic carbocycles. The maximum atomic E-state index is 12.9. The minimum Gasteiger partial charge on any atom is -0.493 e. The smallest absolute Gasteiger partial charge is 0.123 e. The molecule has 1 atom stereocenters. The van der Waals surface area contributed by atoms with Crippen LogP contribution in [0.25, 0.3) is 0 Å². The first-order chi connectivity index (χ1) is 9.29. The number of benzene rings is 2. The summed E-state index contributed by atoms with van der Waals surface area (Å²) in [5.74, 6) is 0.802. The van der Waals surface area contributed by atoms with Gasteiger partial charge in [-0.05, 0) is 42.8 Å². The van der Waals surface area contributed by atoms with Gasteiger partial charge in [0.15, 0.2) is 0 Å². The van der Waals surface area contributed by atoms with Crippen molar-refractivity contribution in [2.45, 2.75) is 12.3 Å². The molecule has 3 heteroatoms. The topological polar surface area (TPSA) is 35.2 Å². The number of hydrogen-bond acceptors (Lipinski definition) is 2. The van der Waals surface area contributed by atoms with E-state index >= 15 is 0 Å². The van der Waals surface area contributed by atoms with Crippen LogP contribution in [0.5, 0.6) is 5.75 Å². The molecule has 2 N–H and O–H groups in total. The minimum atomic E-state index is -0.223. The van der Waals surface area contributed by atoms with Crippen LogP contribution in [0.15, 0.2) is 54.6 Å². The van der Waals surface area contributed by atoms with E-state index in [-0.39, 0.29) is 11.7 Å². The van der Waals surface area contributed by atoms with E-state index in [0.29, 0.717) is 13.2 Å². The van der Waals surface area contributed by atoms with Crippen LogP contribution in [0.1, 0.15) is 17.9 Å². The van der Waals surface area contributed by atoms with Crippen molar-refractivity contribution in [3.8, 4) is 5.75 Å². The molecule has 0 aliphatic heterocycles. The van der Waals surface area contributed by atoms with Crippen molar-refractivity contribution < 1.29 is 9.13 Å². The third-order valence-corrected chi connectivity index (χ3v) is 3.05. The van der Waals surface area contributed by atoms with E-state index in [9.17, 15) is 4.39 Å². The summed E-state index contributed by atoms with van der Waals surface area (Å²) in [5, 5.41) is 0. The molecule has 2 nitrogen and oxygen atoms in total. The third kappa shape index (κ3) is 4.07. The average molecular weight is 259 g/mol. The van der Waals surface area contributed by atoms with Crippen LogP contribution in [0.2, 0.25) is 0 Å². The zero-order valence-corrected chi connectivity index (χ0v) is 10.8.